The maximum absolute atomic E-state index is 10.0. The van der Waals surface area contributed by atoms with E-state index < -0.39 is 0 Å². The number of hydrogen-bond acceptors (Lipinski definition) is 2. The van der Waals surface area contributed by atoms with Crippen LogP contribution in [0, 0.1) is 17.8 Å². The third kappa shape index (κ3) is 3.96. The van der Waals surface area contributed by atoms with Crippen molar-refractivity contribution in [2.24, 2.45) is 17.8 Å². The lowest BCUT2D eigenvalue weighted by atomic mass is 9.77. The predicted octanol–water partition coefficient (Wildman–Crippen LogP) is 4.30. The van der Waals surface area contributed by atoms with Crippen LogP contribution in [0.3, 0.4) is 0 Å². The fourth-order valence-corrected chi connectivity index (χ4v) is 3.82. The van der Waals surface area contributed by atoms with Crippen molar-refractivity contribution in [3.63, 3.8) is 0 Å². The first-order valence-corrected chi connectivity index (χ1v) is 7.56. The summed E-state index contributed by atoms with van der Waals surface area (Å²) in [5.41, 5.74) is -0.214. The molecule has 16 heavy (non-hydrogen) atoms. The molecule has 1 nitrogen and oxygen atoms in total. The van der Waals surface area contributed by atoms with Crippen molar-refractivity contribution in [1.82, 2.24) is 0 Å². The number of thioether (sulfide) groups is 1. The van der Waals surface area contributed by atoms with Gasteiger partial charge in [-0.3, -0.25) is 0 Å². The van der Waals surface area contributed by atoms with Crippen LogP contribution in [-0.2, 0) is 0 Å². The highest BCUT2D eigenvalue weighted by Crippen LogP contribution is 2.44. The lowest BCUT2D eigenvalue weighted by Crippen LogP contribution is -2.34. The molecule has 1 fully saturated rings. The fourth-order valence-electron chi connectivity index (χ4n) is 2.50. The Kier molecular flexibility index (Phi) is 5.18. The van der Waals surface area contributed by atoms with Gasteiger partial charge in [0.15, 0.2) is 0 Å². The minimum absolute atomic E-state index is 0.214. The highest BCUT2D eigenvalue weighted by Gasteiger charge is 2.34. The topological polar surface area (TPSA) is 20.2 Å². The van der Waals surface area contributed by atoms with E-state index in [1.54, 1.807) is 11.8 Å². The van der Waals surface area contributed by atoms with E-state index in [9.17, 15) is 5.11 Å². The summed E-state index contributed by atoms with van der Waals surface area (Å²) in [6, 6.07) is 0. The minimum atomic E-state index is -0.214. The van der Waals surface area contributed by atoms with Crippen LogP contribution in [0.5, 0.6) is 0 Å². The van der Waals surface area contributed by atoms with Crippen molar-refractivity contribution in [2.45, 2.75) is 70.5 Å². The Morgan fingerprint density at radius 2 is 1.62 bits per heavy atom. The van der Waals surface area contributed by atoms with Crippen molar-refractivity contribution in [3.8, 4) is 0 Å². The summed E-state index contributed by atoms with van der Waals surface area (Å²) in [5, 5.41) is 10.0. The molecule has 1 atom stereocenters. The summed E-state index contributed by atoms with van der Waals surface area (Å²) < 4.78 is 0.226. The lowest BCUT2D eigenvalue weighted by Gasteiger charge is -2.39. The van der Waals surface area contributed by atoms with Crippen molar-refractivity contribution >= 4 is 11.8 Å². The fraction of sp³-hybridized carbons (Fsp3) is 1.00. The molecule has 1 N–H and O–H groups in total. The lowest BCUT2D eigenvalue weighted by molar-refractivity contribution is 0.203. The van der Waals surface area contributed by atoms with Crippen LogP contribution in [0.25, 0.3) is 0 Å². The number of aliphatic hydroxyl groups excluding tert-OH is 1. The maximum atomic E-state index is 10.0. The van der Waals surface area contributed by atoms with Gasteiger partial charge in [-0.15, -0.1) is 11.8 Å². The van der Waals surface area contributed by atoms with Crippen molar-refractivity contribution in [3.05, 3.63) is 0 Å². The van der Waals surface area contributed by atoms with Crippen LogP contribution >= 0.6 is 11.8 Å². The molecule has 1 aliphatic rings. The number of aliphatic hydroxyl groups is 1. The Morgan fingerprint density at radius 1 is 1.12 bits per heavy atom. The molecule has 1 rings (SSSR count). The van der Waals surface area contributed by atoms with Crippen molar-refractivity contribution in [1.29, 1.82) is 0 Å². The molecule has 0 bridgehead atoms. The summed E-state index contributed by atoms with van der Waals surface area (Å²) in [7, 11) is 0. The Labute approximate surface area is 105 Å². The first kappa shape index (κ1) is 14.4. The van der Waals surface area contributed by atoms with E-state index in [0.717, 1.165) is 11.8 Å². The van der Waals surface area contributed by atoms with Crippen LogP contribution in [0.1, 0.15) is 60.3 Å². The highest BCUT2D eigenvalue weighted by atomic mass is 32.2. The molecule has 0 aliphatic heterocycles. The Morgan fingerprint density at radius 3 is 2.06 bits per heavy atom. The van der Waals surface area contributed by atoms with E-state index in [1.807, 2.05) is 0 Å². The van der Waals surface area contributed by atoms with Crippen molar-refractivity contribution < 1.29 is 5.11 Å². The van der Waals surface area contributed by atoms with Gasteiger partial charge in [0.1, 0.15) is 5.44 Å². The number of hydrogen-bond donors (Lipinski definition) is 1. The van der Waals surface area contributed by atoms with E-state index in [4.69, 9.17) is 0 Å². The summed E-state index contributed by atoms with van der Waals surface area (Å²) in [6.45, 7) is 11.2. The second kappa shape index (κ2) is 5.77. The largest absolute Gasteiger partial charge is 0.382 e. The molecule has 96 valence electrons. The van der Waals surface area contributed by atoms with Crippen molar-refractivity contribution in [2.75, 3.05) is 0 Å². The van der Waals surface area contributed by atoms with Crippen LogP contribution in [0.15, 0.2) is 0 Å². The van der Waals surface area contributed by atoms with E-state index in [1.165, 1.54) is 25.7 Å². The number of rotatable bonds is 4. The van der Waals surface area contributed by atoms with Gasteiger partial charge in [0, 0.05) is 4.75 Å². The van der Waals surface area contributed by atoms with E-state index in [2.05, 4.69) is 34.6 Å². The van der Waals surface area contributed by atoms with Gasteiger partial charge >= 0.3 is 0 Å². The zero-order valence-corrected chi connectivity index (χ0v) is 12.3. The molecule has 0 unspecified atom stereocenters. The van der Waals surface area contributed by atoms with Crippen LogP contribution < -0.4 is 0 Å². The quantitative estimate of drug-likeness (QED) is 0.744. The molecule has 0 radical (unpaired) electrons. The molecule has 2 heteroatoms. The van der Waals surface area contributed by atoms with Crippen LogP contribution in [0.2, 0.25) is 0 Å². The molecule has 1 saturated carbocycles. The standard InChI is InChI=1S/C14H28OS/c1-10(2)13(15)16-14(4,5)12-8-6-11(3)7-9-12/h10-13,15H,6-9H2,1-5H3/t11?,12?,13-/m1/s1. The van der Waals surface area contributed by atoms with Gasteiger partial charge < -0.3 is 5.11 Å². The van der Waals surface area contributed by atoms with Crippen LogP contribution in [0.4, 0.5) is 0 Å². The smallest absolute Gasteiger partial charge is 0.102 e. The summed E-state index contributed by atoms with van der Waals surface area (Å²) >= 11 is 1.77. The van der Waals surface area contributed by atoms with Gasteiger partial charge in [-0.1, -0.05) is 47.5 Å². The zero-order valence-electron chi connectivity index (χ0n) is 11.5. The summed E-state index contributed by atoms with van der Waals surface area (Å²) in [5.74, 6) is 2.04. The molecular weight excluding hydrogens is 216 g/mol. The van der Waals surface area contributed by atoms with Gasteiger partial charge in [-0.05, 0) is 30.6 Å². The SMILES string of the molecule is CC1CCC(C(C)(C)S[C@@H](O)C(C)C)CC1. The third-order valence-corrected chi connectivity index (χ3v) is 5.72. The first-order chi connectivity index (χ1) is 7.33. The van der Waals surface area contributed by atoms with Gasteiger partial charge in [-0.2, -0.15) is 0 Å². The minimum Gasteiger partial charge on any atom is -0.382 e. The molecule has 0 saturated heterocycles. The van der Waals surface area contributed by atoms with E-state index in [0.29, 0.717) is 5.92 Å². The maximum Gasteiger partial charge on any atom is 0.102 e. The van der Waals surface area contributed by atoms with E-state index >= 15 is 0 Å². The Hall–Kier alpha value is 0.310. The van der Waals surface area contributed by atoms with Gasteiger partial charge in [0.25, 0.3) is 0 Å². The molecule has 1 aliphatic carbocycles. The molecule has 0 amide bonds. The average molecular weight is 244 g/mol. The Bertz CT molecular complexity index is 205. The second-order valence-corrected chi connectivity index (χ2v) is 8.08. The average Bonchev–Trinajstić information content (AvgIpc) is 2.17. The third-order valence-electron chi connectivity index (χ3n) is 3.99. The normalized spacial score (nSPS) is 29.4. The zero-order chi connectivity index (χ0) is 12.3. The molecule has 0 aromatic heterocycles. The first-order valence-electron chi connectivity index (χ1n) is 6.69. The summed E-state index contributed by atoms with van der Waals surface area (Å²) in [4.78, 5) is 0. The highest BCUT2D eigenvalue weighted by molar-refractivity contribution is 8.01. The molecule has 0 heterocycles. The van der Waals surface area contributed by atoms with E-state index in [-0.39, 0.29) is 10.2 Å². The Balaban J connectivity index is 2.49. The molecular formula is C14H28OS. The molecule has 0 aromatic carbocycles. The van der Waals surface area contributed by atoms with Gasteiger partial charge in [-0.25, -0.2) is 0 Å². The molecule has 0 aromatic rings. The molecule has 0 spiro atoms. The van der Waals surface area contributed by atoms with Crippen LogP contribution in [-0.4, -0.2) is 15.3 Å². The van der Waals surface area contributed by atoms with Gasteiger partial charge in [0.2, 0.25) is 0 Å². The van der Waals surface area contributed by atoms with Gasteiger partial charge in [0.05, 0.1) is 0 Å². The summed E-state index contributed by atoms with van der Waals surface area (Å²) in [6.07, 6.45) is 5.41. The predicted molar refractivity (Wildman–Crippen MR) is 73.6 cm³/mol. The second-order valence-electron chi connectivity index (χ2n) is 6.31. The monoisotopic (exact) mass is 244 g/mol.